The number of hydrogen-bond donors (Lipinski definition) is 1. The van der Waals surface area contributed by atoms with Crippen molar-refractivity contribution in [3.8, 4) is 11.5 Å². The van der Waals surface area contributed by atoms with Crippen LogP contribution in [-0.2, 0) is 22.6 Å². The molecule has 0 saturated heterocycles. The number of nitrogens with one attached hydrogen (secondary N) is 1. The Morgan fingerprint density at radius 1 is 0.967 bits per heavy atom. The Bertz CT molecular complexity index is 1080. The van der Waals surface area contributed by atoms with E-state index in [1.54, 1.807) is 24.3 Å². The standard InChI is InChI=1S/C22H18N2O6/c25-21(19-9-5-11-28-19)23-17(12-15-6-2-1-3-7-15)22(26)29-14-16-13-20(30-24-16)18-8-4-10-27-18/h1-11,13,17H,12,14H2,(H,23,25)/t17-/m1/s1. The van der Waals surface area contributed by atoms with E-state index < -0.39 is 17.9 Å². The van der Waals surface area contributed by atoms with Crippen molar-refractivity contribution in [2.45, 2.75) is 19.1 Å². The van der Waals surface area contributed by atoms with Gasteiger partial charge in [-0.25, -0.2) is 4.79 Å². The lowest BCUT2D eigenvalue weighted by Gasteiger charge is -2.17. The van der Waals surface area contributed by atoms with E-state index >= 15 is 0 Å². The summed E-state index contributed by atoms with van der Waals surface area (Å²) < 4.78 is 20.9. The summed E-state index contributed by atoms with van der Waals surface area (Å²) in [6.07, 6.45) is 3.18. The summed E-state index contributed by atoms with van der Waals surface area (Å²) in [6.45, 7) is -0.106. The van der Waals surface area contributed by atoms with Crippen LogP contribution in [0.4, 0.5) is 0 Å². The molecule has 4 aromatic rings. The molecule has 3 heterocycles. The first-order chi connectivity index (χ1) is 14.7. The fourth-order valence-corrected chi connectivity index (χ4v) is 2.84. The fourth-order valence-electron chi connectivity index (χ4n) is 2.84. The van der Waals surface area contributed by atoms with E-state index in [2.05, 4.69) is 10.5 Å². The number of benzene rings is 1. The zero-order valence-corrected chi connectivity index (χ0v) is 15.8. The number of esters is 1. The van der Waals surface area contributed by atoms with Crippen molar-refractivity contribution in [1.29, 1.82) is 0 Å². The highest BCUT2D eigenvalue weighted by Crippen LogP contribution is 2.21. The number of hydrogen-bond acceptors (Lipinski definition) is 7. The van der Waals surface area contributed by atoms with Gasteiger partial charge in [0.25, 0.3) is 5.91 Å². The van der Waals surface area contributed by atoms with E-state index in [1.165, 1.54) is 18.6 Å². The maximum absolute atomic E-state index is 12.7. The van der Waals surface area contributed by atoms with Gasteiger partial charge in [-0.2, -0.15) is 0 Å². The Balaban J connectivity index is 1.42. The van der Waals surface area contributed by atoms with Gasteiger partial charge in [-0.15, -0.1) is 0 Å². The predicted molar refractivity (Wildman–Crippen MR) is 104 cm³/mol. The highest BCUT2D eigenvalue weighted by atomic mass is 16.5. The van der Waals surface area contributed by atoms with E-state index in [0.29, 0.717) is 17.2 Å². The number of ether oxygens (including phenoxy) is 1. The second-order valence-corrected chi connectivity index (χ2v) is 6.46. The average molecular weight is 406 g/mol. The van der Waals surface area contributed by atoms with Gasteiger partial charge in [-0.05, 0) is 29.8 Å². The molecule has 0 aliphatic heterocycles. The molecule has 0 unspecified atom stereocenters. The van der Waals surface area contributed by atoms with Gasteiger partial charge in [-0.3, -0.25) is 4.79 Å². The van der Waals surface area contributed by atoms with Crippen LogP contribution in [0.15, 0.2) is 86.5 Å². The molecule has 8 heteroatoms. The summed E-state index contributed by atoms with van der Waals surface area (Å²) in [4.78, 5) is 25.1. The van der Waals surface area contributed by atoms with Crippen LogP contribution in [0.2, 0.25) is 0 Å². The maximum atomic E-state index is 12.7. The number of rotatable bonds is 8. The van der Waals surface area contributed by atoms with Crippen LogP contribution >= 0.6 is 0 Å². The lowest BCUT2D eigenvalue weighted by atomic mass is 10.1. The van der Waals surface area contributed by atoms with E-state index in [0.717, 1.165) is 5.56 Å². The molecule has 4 rings (SSSR count). The second-order valence-electron chi connectivity index (χ2n) is 6.46. The van der Waals surface area contributed by atoms with Crippen LogP contribution in [0, 0.1) is 0 Å². The van der Waals surface area contributed by atoms with Crippen molar-refractivity contribution >= 4 is 11.9 Å². The summed E-state index contributed by atoms with van der Waals surface area (Å²) in [5.74, 6) is -0.0352. The zero-order chi connectivity index (χ0) is 20.8. The first-order valence-corrected chi connectivity index (χ1v) is 9.23. The topological polar surface area (TPSA) is 108 Å². The molecule has 3 aromatic heterocycles. The summed E-state index contributed by atoms with van der Waals surface area (Å²) in [5.41, 5.74) is 1.30. The molecule has 1 atom stereocenters. The molecule has 152 valence electrons. The summed E-state index contributed by atoms with van der Waals surface area (Å²) >= 11 is 0. The van der Waals surface area contributed by atoms with Crippen molar-refractivity contribution in [2.75, 3.05) is 0 Å². The molecule has 0 bridgehead atoms. The highest BCUT2D eigenvalue weighted by Gasteiger charge is 2.25. The van der Waals surface area contributed by atoms with Crippen molar-refractivity contribution in [1.82, 2.24) is 10.5 Å². The molecule has 0 fully saturated rings. The zero-order valence-electron chi connectivity index (χ0n) is 15.8. The van der Waals surface area contributed by atoms with Gasteiger partial charge < -0.3 is 23.4 Å². The first-order valence-electron chi connectivity index (χ1n) is 9.23. The van der Waals surface area contributed by atoms with Crippen LogP contribution in [0.25, 0.3) is 11.5 Å². The molecule has 0 spiro atoms. The molecule has 0 saturated carbocycles. The van der Waals surface area contributed by atoms with Gasteiger partial charge in [-0.1, -0.05) is 35.5 Å². The summed E-state index contributed by atoms with van der Waals surface area (Å²) in [7, 11) is 0. The SMILES string of the molecule is O=C(N[C@H](Cc1ccccc1)C(=O)OCc1cc(-c2ccco2)on1)c1ccco1. The largest absolute Gasteiger partial charge is 0.461 e. The lowest BCUT2D eigenvalue weighted by molar-refractivity contribution is -0.147. The number of furan rings is 2. The fraction of sp³-hybridized carbons (Fsp3) is 0.136. The average Bonchev–Trinajstić information content (AvgIpc) is 3.54. The van der Waals surface area contributed by atoms with E-state index in [9.17, 15) is 9.59 Å². The molecule has 0 aliphatic carbocycles. The number of aromatic nitrogens is 1. The number of carbonyl (C=O) groups excluding carboxylic acids is 2. The minimum absolute atomic E-state index is 0.106. The smallest absolute Gasteiger partial charge is 0.329 e. The monoisotopic (exact) mass is 406 g/mol. The Kier molecular flexibility index (Phi) is 5.75. The first kappa shape index (κ1) is 19.3. The molecule has 0 radical (unpaired) electrons. The Morgan fingerprint density at radius 2 is 1.77 bits per heavy atom. The molecular formula is C22H18N2O6. The van der Waals surface area contributed by atoms with Crippen LogP contribution in [-0.4, -0.2) is 23.1 Å². The molecule has 1 N–H and O–H groups in total. The third-order valence-electron chi connectivity index (χ3n) is 4.30. The molecule has 30 heavy (non-hydrogen) atoms. The minimum Gasteiger partial charge on any atom is -0.461 e. The van der Waals surface area contributed by atoms with Crippen LogP contribution in [0.3, 0.4) is 0 Å². The van der Waals surface area contributed by atoms with Crippen molar-refractivity contribution in [3.05, 3.63) is 90.2 Å². The molecular weight excluding hydrogens is 388 g/mol. The lowest BCUT2D eigenvalue weighted by Crippen LogP contribution is -2.43. The van der Waals surface area contributed by atoms with Crippen molar-refractivity contribution in [3.63, 3.8) is 0 Å². The summed E-state index contributed by atoms with van der Waals surface area (Å²) in [6, 6.07) is 16.6. The quantitative estimate of drug-likeness (QED) is 0.445. The van der Waals surface area contributed by atoms with E-state index in [4.69, 9.17) is 18.1 Å². The van der Waals surface area contributed by atoms with Crippen molar-refractivity contribution in [2.24, 2.45) is 0 Å². The number of amides is 1. The van der Waals surface area contributed by atoms with Crippen LogP contribution in [0.1, 0.15) is 21.8 Å². The van der Waals surface area contributed by atoms with Gasteiger partial charge in [0, 0.05) is 12.5 Å². The highest BCUT2D eigenvalue weighted by molar-refractivity contribution is 5.94. The minimum atomic E-state index is -0.901. The third kappa shape index (κ3) is 4.67. The predicted octanol–water partition coefficient (Wildman–Crippen LogP) is 3.61. The Morgan fingerprint density at radius 3 is 2.50 bits per heavy atom. The van der Waals surface area contributed by atoms with Crippen LogP contribution < -0.4 is 5.32 Å². The number of nitrogens with zero attached hydrogens (tertiary/aromatic N) is 1. The Labute approximate surface area is 171 Å². The molecule has 0 aliphatic rings. The van der Waals surface area contributed by atoms with E-state index in [-0.39, 0.29) is 18.8 Å². The third-order valence-corrected chi connectivity index (χ3v) is 4.30. The molecule has 1 amide bonds. The second kappa shape index (κ2) is 8.95. The number of carbonyl (C=O) groups is 2. The van der Waals surface area contributed by atoms with Gasteiger partial charge in [0.2, 0.25) is 5.76 Å². The van der Waals surface area contributed by atoms with Crippen molar-refractivity contribution < 1.29 is 27.7 Å². The normalized spacial score (nSPS) is 11.7. The van der Waals surface area contributed by atoms with Crippen LogP contribution in [0.5, 0.6) is 0 Å². The van der Waals surface area contributed by atoms with Gasteiger partial charge in [0.15, 0.2) is 11.5 Å². The molecule has 8 nitrogen and oxygen atoms in total. The van der Waals surface area contributed by atoms with Gasteiger partial charge in [0.1, 0.15) is 18.3 Å². The van der Waals surface area contributed by atoms with E-state index in [1.807, 2.05) is 30.3 Å². The van der Waals surface area contributed by atoms with Gasteiger partial charge >= 0.3 is 5.97 Å². The molecule has 1 aromatic carbocycles. The maximum Gasteiger partial charge on any atom is 0.329 e. The van der Waals surface area contributed by atoms with Gasteiger partial charge in [0.05, 0.1) is 12.5 Å². The summed E-state index contributed by atoms with van der Waals surface area (Å²) in [5, 5.41) is 6.54. The Hall–Kier alpha value is -4.07.